The first-order chi connectivity index (χ1) is 30.7. The highest BCUT2D eigenvalue weighted by Crippen LogP contribution is 2.66. The molecule has 2 aromatic rings. The smallest absolute Gasteiger partial charge is 0.460 e. The molecule has 71 heavy (non-hydrogen) atoms. The first-order valence-corrected chi connectivity index (χ1v) is 17.8. The molecular weight excluding hydrogens is 1100 g/mol. The zero-order valence-corrected chi connectivity index (χ0v) is 33.6. The van der Waals surface area contributed by atoms with E-state index in [0.29, 0.717) is 24.3 Å². The highest BCUT2D eigenvalue weighted by molar-refractivity contribution is 5.51. The Morgan fingerprint density at radius 1 is 0.282 bits per heavy atom. The zero-order valence-electron chi connectivity index (χ0n) is 33.6. The van der Waals surface area contributed by atoms with E-state index in [9.17, 15) is 159 Å². The van der Waals surface area contributed by atoms with E-state index in [1.165, 1.54) is 0 Å². The minimum atomic E-state index is -8.94. The van der Waals surface area contributed by atoms with Crippen molar-refractivity contribution in [3.05, 3.63) is 57.6 Å². The Morgan fingerprint density at radius 2 is 0.465 bits per heavy atom. The minimum Gasteiger partial charge on any atom is -0.507 e. The first-order valence-electron chi connectivity index (χ1n) is 17.8. The summed E-state index contributed by atoms with van der Waals surface area (Å²) in [7, 11) is 0. The van der Waals surface area contributed by atoms with Gasteiger partial charge in [-0.05, 0) is 48.9 Å². The standard InChI is InChI=1S/C35H22F34O2/c1-12-7-14(3-5-20(36,37)22(40,41)24(44,45)26(48,49)28(52,53)30(56,57)32(60,61)34(64,65)66)18(70)16(9-12)11-17-10-13(2)8-15(19(17)71)4-6-21(38,39)23(42,43)25(46,47)27(50,51)29(54,55)31(58,59)33(62,63)35(67,68)69/h7-10,70-71H,3-6,11H2,1-2H3. The van der Waals surface area contributed by atoms with E-state index < -0.39 is 172 Å². The van der Waals surface area contributed by atoms with Gasteiger partial charge >= 0.3 is 95.3 Å². The van der Waals surface area contributed by atoms with E-state index in [1.807, 2.05) is 0 Å². The molecule has 0 atom stereocenters. The van der Waals surface area contributed by atoms with E-state index in [0.717, 1.165) is 13.8 Å². The fourth-order valence-corrected chi connectivity index (χ4v) is 6.01. The van der Waals surface area contributed by atoms with E-state index >= 15 is 0 Å². The van der Waals surface area contributed by atoms with Crippen LogP contribution >= 0.6 is 0 Å². The molecule has 0 amide bonds. The monoisotopic (exact) mass is 1120 g/mol. The van der Waals surface area contributed by atoms with Gasteiger partial charge in [0.25, 0.3) is 0 Å². The molecule has 412 valence electrons. The van der Waals surface area contributed by atoms with Gasteiger partial charge in [-0.2, -0.15) is 149 Å². The van der Waals surface area contributed by atoms with Gasteiger partial charge in [-0.3, -0.25) is 0 Å². The molecule has 2 rings (SSSR count). The van der Waals surface area contributed by atoms with Gasteiger partial charge in [0, 0.05) is 19.3 Å². The van der Waals surface area contributed by atoms with Gasteiger partial charge in [0.1, 0.15) is 11.5 Å². The van der Waals surface area contributed by atoms with E-state index in [4.69, 9.17) is 0 Å². The lowest BCUT2D eigenvalue weighted by Crippen LogP contribution is -2.74. The van der Waals surface area contributed by atoms with Crippen LogP contribution in [0.1, 0.15) is 46.2 Å². The van der Waals surface area contributed by atoms with E-state index in [2.05, 4.69) is 0 Å². The van der Waals surface area contributed by atoms with Crippen LogP contribution in [0.15, 0.2) is 24.3 Å². The van der Waals surface area contributed by atoms with Gasteiger partial charge < -0.3 is 10.2 Å². The topological polar surface area (TPSA) is 40.5 Å². The maximum absolute atomic E-state index is 14.6. The molecular formula is C35H22F34O2. The maximum Gasteiger partial charge on any atom is 0.460 e. The van der Waals surface area contributed by atoms with Crippen molar-refractivity contribution in [1.82, 2.24) is 0 Å². The van der Waals surface area contributed by atoms with Gasteiger partial charge in [0.05, 0.1) is 0 Å². The molecule has 36 heteroatoms. The molecule has 0 radical (unpaired) electrons. The quantitative estimate of drug-likeness (QED) is 0.130. The van der Waals surface area contributed by atoms with Crippen LogP contribution in [0.2, 0.25) is 0 Å². The summed E-state index contributed by atoms with van der Waals surface area (Å²) >= 11 is 0. The Balaban J connectivity index is 2.54. The number of alkyl halides is 34. The Bertz CT molecular complexity index is 2090. The van der Waals surface area contributed by atoms with Crippen molar-refractivity contribution in [3.63, 3.8) is 0 Å². The molecule has 0 bridgehead atoms. The Morgan fingerprint density at radius 3 is 0.676 bits per heavy atom. The molecule has 0 saturated carbocycles. The second-order valence-electron chi connectivity index (χ2n) is 15.3. The van der Waals surface area contributed by atoms with Crippen molar-refractivity contribution in [1.29, 1.82) is 0 Å². The largest absolute Gasteiger partial charge is 0.507 e. The normalized spacial score (nSPS) is 15.7. The van der Waals surface area contributed by atoms with Crippen LogP contribution in [-0.4, -0.2) is 105 Å². The Labute approximate surface area is 370 Å². The first kappa shape index (κ1) is 62.8. The van der Waals surface area contributed by atoms with Crippen molar-refractivity contribution in [2.45, 2.75) is 141 Å². The molecule has 2 N–H and O–H groups in total. The van der Waals surface area contributed by atoms with Gasteiger partial charge in [-0.25, -0.2) is 0 Å². The molecule has 0 spiro atoms. The maximum atomic E-state index is 14.6. The summed E-state index contributed by atoms with van der Waals surface area (Å²) in [5.41, 5.74) is -5.04. The molecule has 0 aliphatic rings. The van der Waals surface area contributed by atoms with Crippen molar-refractivity contribution in [2.24, 2.45) is 0 Å². The van der Waals surface area contributed by atoms with Crippen molar-refractivity contribution >= 4 is 0 Å². The van der Waals surface area contributed by atoms with Crippen LogP contribution in [0.25, 0.3) is 0 Å². The summed E-state index contributed by atoms with van der Waals surface area (Å²) in [6, 6.07) is 2.22. The van der Waals surface area contributed by atoms with Crippen LogP contribution in [-0.2, 0) is 19.3 Å². The second kappa shape index (κ2) is 17.7. The number of benzene rings is 2. The fraction of sp³-hybridized carbons (Fsp3) is 0.657. The number of phenolic OH excluding ortho intramolecular Hbond substituents is 2. The Hall–Kier alpha value is -4.34. The molecule has 2 aromatic carbocycles. The van der Waals surface area contributed by atoms with Gasteiger partial charge in [-0.15, -0.1) is 0 Å². The average Bonchev–Trinajstić information content (AvgIpc) is 3.17. The number of halogens is 34. The molecule has 0 fully saturated rings. The lowest BCUT2D eigenvalue weighted by Gasteiger charge is -2.42. The summed E-state index contributed by atoms with van der Waals surface area (Å²) < 4.78 is 465. The average molecular weight is 1120 g/mol. The van der Waals surface area contributed by atoms with Crippen LogP contribution < -0.4 is 0 Å². The molecule has 0 heterocycles. The molecule has 0 saturated heterocycles. The van der Waals surface area contributed by atoms with Crippen molar-refractivity contribution < 1.29 is 159 Å². The summed E-state index contributed by atoms with van der Waals surface area (Å²) in [5, 5.41) is 21.2. The molecule has 0 aromatic heterocycles. The number of hydrogen-bond acceptors (Lipinski definition) is 2. The Kier molecular flexibility index (Phi) is 15.6. The number of hydrogen-bond donors (Lipinski definition) is 2. The summed E-state index contributed by atoms with van der Waals surface area (Å²) in [4.78, 5) is 0. The minimum absolute atomic E-state index is 0.412. The van der Waals surface area contributed by atoms with Crippen molar-refractivity contribution in [2.75, 3.05) is 0 Å². The van der Waals surface area contributed by atoms with Crippen molar-refractivity contribution in [3.8, 4) is 11.5 Å². The van der Waals surface area contributed by atoms with E-state index in [1.54, 1.807) is 0 Å². The number of aromatic hydroxyl groups is 2. The number of aryl methyl sites for hydroxylation is 4. The van der Waals surface area contributed by atoms with Crippen LogP contribution in [0.4, 0.5) is 149 Å². The summed E-state index contributed by atoms with van der Waals surface area (Å²) in [6.45, 7) is 1.71. The summed E-state index contributed by atoms with van der Waals surface area (Å²) in [6.07, 6.45) is -27.6. The predicted octanol–water partition coefficient (Wildman–Crippen LogP) is 15.2. The second-order valence-corrected chi connectivity index (χ2v) is 15.3. The molecule has 0 aliphatic heterocycles. The summed E-state index contributed by atoms with van der Waals surface area (Å²) in [5.74, 6) is -121. The predicted molar refractivity (Wildman–Crippen MR) is 167 cm³/mol. The van der Waals surface area contributed by atoms with E-state index in [-0.39, 0.29) is 0 Å². The van der Waals surface area contributed by atoms with Crippen LogP contribution in [0.3, 0.4) is 0 Å². The van der Waals surface area contributed by atoms with Gasteiger partial charge in [-0.1, -0.05) is 35.4 Å². The lowest BCUT2D eigenvalue weighted by molar-refractivity contribution is -0.461. The number of phenols is 2. The third kappa shape index (κ3) is 9.24. The highest BCUT2D eigenvalue weighted by atomic mass is 19.4. The van der Waals surface area contributed by atoms with Crippen LogP contribution in [0.5, 0.6) is 11.5 Å². The third-order valence-corrected chi connectivity index (χ3v) is 10.2. The fourth-order valence-electron chi connectivity index (χ4n) is 6.01. The molecule has 0 unspecified atom stereocenters. The molecule has 0 aliphatic carbocycles. The zero-order chi connectivity index (χ0) is 57.0. The lowest BCUT2D eigenvalue weighted by atomic mass is 9.87. The van der Waals surface area contributed by atoms with Crippen LogP contribution in [0, 0.1) is 13.8 Å². The molecule has 2 nitrogen and oxygen atoms in total. The van der Waals surface area contributed by atoms with Gasteiger partial charge in [0.2, 0.25) is 0 Å². The number of rotatable bonds is 20. The van der Waals surface area contributed by atoms with Gasteiger partial charge in [0.15, 0.2) is 0 Å². The third-order valence-electron chi connectivity index (χ3n) is 10.2. The SMILES string of the molecule is Cc1cc(CCC(F)(F)C(F)(F)C(F)(F)C(F)(F)C(F)(F)C(F)(F)C(F)(F)C(F)(F)F)c(O)c(Cc2cc(C)cc(CCC(F)(F)C(F)(F)C(F)(F)C(F)(F)C(F)(F)C(F)(F)C(F)(F)C(F)(F)F)c2O)c1. The highest BCUT2D eigenvalue weighted by Gasteiger charge is 2.97.